The van der Waals surface area contributed by atoms with Crippen molar-refractivity contribution in [2.45, 2.75) is 94.9 Å². The highest BCUT2D eigenvalue weighted by atomic mass is 32.1. The molecule has 0 unspecified atom stereocenters. The normalized spacial score (nSPS) is 27.8. The number of nitrogens with one attached hydrogen (secondary N) is 2. The maximum Gasteiger partial charge on any atom is 0.332 e. The molecule has 14 heteroatoms. The molecule has 2 aliphatic heterocycles. The lowest BCUT2D eigenvalue weighted by Gasteiger charge is -2.29. The first-order valence-electron chi connectivity index (χ1n) is 16.8. The molecule has 5 heterocycles. The second-order valence-electron chi connectivity index (χ2n) is 13.4. The van der Waals surface area contributed by atoms with Crippen molar-refractivity contribution in [3.05, 3.63) is 35.4 Å². The number of hydrogen-bond acceptors (Lipinski definition) is 11. The molecule has 0 spiro atoms. The Morgan fingerprint density at radius 2 is 2.04 bits per heavy atom. The van der Waals surface area contributed by atoms with Crippen LogP contribution in [-0.4, -0.2) is 81.1 Å². The topological polar surface area (TPSA) is 166 Å². The molecule has 4 aliphatic rings. The van der Waals surface area contributed by atoms with E-state index in [0.717, 1.165) is 43.2 Å². The molecule has 48 heavy (non-hydrogen) atoms. The Hall–Kier alpha value is -4.33. The SMILES string of the molecule is COC(=O)[C@@]12C[C@H]1C=CCCCCC[C@H](NC(=O)CC1CC1)C(=O)N1C[C@H](Oc3nc(-c4cc(C)on4)nc4ccsc34)C[C@H]1C(=O)N2. The predicted molar refractivity (Wildman–Crippen MR) is 175 cm³/mol. The first kappa shape index (κ1) is 32.2. The third-order valence-corrected chi connectivity index (χ3v) is 10.6. The molecule has 2 aliphatic carbocycles. The Morgan fingerprint density at radius 1 is 1.19 bits per heavy atom. The molecular weight excluding hydrogens is 636 g/mol. The smallest absolute Gasteiger partial charge is 0.332 e. The lowest BCUT2D eigenvalue weighted by atomic mass is 10.0. The van der Waals surface area contributed by atoms with Gasteiger partial charge in [0.15, 0.2) is 11.5 Å². The van der Waals surface area contributed by atoms with Gasteiger partial charge in [0.25, 0.3) is 0 Å². The summed E-state index contributed by atoms with van der Waals surface area (Å²) in [6.07, 6.45) is 10.3. The number of allylic oxidation sites excluding steroid dienone is 1. The predicted octanol–water partition coefficient (Wildman–Crippen LogP) is 3.86. The molecule has 5 atom stereocenters. The zero-order valence-corrected chi connectivity index (χ0v) is 27.9. The maximum atomic E-state index is 14.3. The van der Waals surface area contributed by atoms with Gasteiger partial charge in [-0.25, -0.2) is 9.78 Å². The molecule has 2 saturated carbocycles. The van der Waals surface area contributed by atoms with Gasteiger partial charge >= 0.3 is 5.97 Å². The van der Waals surface area contributed by atoms with E-state index in [4.69, 9.17) is 14.0 Å². The molecule has 3 fully saturated rings. The fraction of sp³-hybridized carbons (Fsp3) is 0.559. The van der Waals surface area contributed by atoms with E-state index < -0.39 is 35.6 Å². The molecule has 0 bridgehead atoms. The number of aromatic nitrogens is 3. The summed E-state index contributed by atoms with van der Waals surface area (Å²) in [5, 5.41) is 11.9. The van der Waals surface area contributed by atoms with Crippen molar-refractivity contribution >= 4 is 45.2 Å². The molecule has 13 nitrogen and oxygen atoms in total. The quantitative estimate of drug-likeness (QED) is 0.277. The standard InChI is InChI=1S/C34H40N6O7S/c1-19-14-25(39-47-19)29-36-23-12-13-48-28(23)31(37-29)46-22-16-26-30(42)38-34(33(44)45-2)17-21(34)8-6-4-3-5-7-9-24(32(43)40(26)18-22)35-27(41)15-20-10-11-20/h6,8,12-14,20-22,24,26H,3-5,7,9-11,15-18H2,1-2H3,(H,35,41)(H,38,42)/t21-,22-,24+,26+,34-/m1/s1. The number of nitrogens with zero attached hydrogens (tertiary/aromatic N) is 4. The Bertz CT molecular complexity index is 1750. The number of methoxy groups -OCH3 is 1. The minimum Gasteiger partial charge on any atom is -0.471 e. The summed E-state index contributed by atoms with van der Waals surface area (Å²) < 4.78 is 17.6. The van der Waals surface area contributed by atoms with Gasteiger partial charge in [0.05, 0.1) is 19.2 Å². The fourth-order valence-electron chi connectivity index (χ4n) is 6.81. The highest BCUT2D eigenvalue weighted by molar-refractivity contribution is 7.17. The molecule has 3 aromatic rings. The minimum absolute atomic E-state index is 0.0930. The second-order valence-corrected chi connectivity index (χ2v) is 14.3. The van der Waals surface area contributed by atoms with Crippen LogP contribution >= 0.6 is 11.3 Å². The van der Waals surface area contributed by atoms with Gasteiger partial charge in [-0.1, -0.05) is 30.2 Å². The van der Waals surface area contributed by atoms with Crippen molar-refractivity contribution < 1.29 is 33.2 Å². The van der Waals surface area contributed by atoms with Crippen molar-refractivity contribution in [2.24, 2.45) is 11.8 Å². The van der Waals surface area contributed by atoms with Gasteiger partial charge in [0.2, 0.25) is 23.6 Å². The van der Waals surface area contributed by atoms with Crippen molar-refractivity contribution in [3.63, 3.8) is 0 Å². The van der Waals surface area contributed by atoms with E-state index in [0.29, 0.717) is 53.9 Å². The van der Waals surface area contributed by atoms with E-state index in [-0.39, 0.29) is 30.7 Å². The van der Waals surface area contributed by atoms with Crippen molar-refractivity contribution in [3.8, 4) is 17.4 Å². The lowest BCUT2D eigenvalue weighted by molar-refractivity contribution is -0.148. The van der Waals surface area contributed by atoms with Gasteiger partial charge in [-0.15, -0.1) is 11.3 Å². The summed E-state index contributed by atoms with van der Waals surface area (Å²) in [5.41, 5.74) is -0.0484. The number of ether oxygens (including phenoxy) is 2. The van der Waals surface area contributed by atoms with Crippen LogP contribution in [0.2, 0.25) is 0 Å². The van der Waals surface area contributed by atoms with Crippen LogP contribution in [0.25, 0.3) is 21.7 Å². The molecule has 0 radical (unpaired) electrons. The fourth-order valence-corrected chi connectivity index (χ4v) is 7.58. The third-order valence-electron chi connectivity index (χ3n) is 9.70. The van der Waals surface area contributed by atoms with Crippen LogP contribution in [0.3, 0.4) is 0 Å². The van der Waals surface area contributed by atoms with E-state index in [9.17, 15) is 19.2 Å². The average Bonchev–Trinajstić information content (AvgIpc) is 3.78. The molecular formula is C34H40N6O7S. The van der Waals surface area contributed by atoms with E-state index in [1.807, 2.05) is 17.5 Å². The van der Waals surface area contributed by atoms with E-state index in [1.54, 1.807) is 13.0 Å². The van der Waals surface area contributed by atoms with Crippen LogP contribution in [-0.2, 0) is 23.9 Å². The van der Waals surface area contributed by atoms with Gasteiger partial charge in [-0.3, -0.25) is 14.4 Å². The Kier molecular flexibility index (Phi) is 8.92. The van der Waals surface area contributed by atoms with Crippen LogP contribution < -0.4 is 15.4 Å². The summed E-state index contributed by atoms with van der Waals surface area (Å²) in [6, 6.07) is 1.88. The first-order chi connectivity index (χ1) is 23.2. The van der Waals surface area contributed by atoms with Crippen LogP contribution in [0, 0.1) is 18.8 Å². The van der Waals surface area contributed by atoms with Gasteiger partial charge in [0.1, 0.15) is 34.2 Å². The third kappa shape index (κ3) is 6.67. The summed E-state index contributed by atoms with van der Waals surface area (Å²) in [5.74, 6) is -0.0175. The minimum atomic E-state index is -1.19. The largest absolute Gasteiger partial charge is 0.471 e. The van der Waals surface area contributed by atoms with E-state index in [1.165, 1.54) is 23.3 Å². The average molecular weight is 677 g/mol. The molecule has 1 saturated heterocycles. The second kappa shape index (κ2) is 13.3. The van der Waals surface area contributed by atoms with Crippen LogP contribution in [0.4, 0.5) is 0 Å². The number of carbonyl (C=O) groups excluding carboxylic acids is 4. The summed E-state index contributed by atoms with van der Waals surface area (Å²) in [6.45, 7) is 1.88. The number of esters is 1. The molecule has 2 N–H and O–H groups in total. The zero-order chi connectivity index (χ0) is 33.4. The number of hydrogen-bond donors (Lipinski definition) is 2. The van der Waals surface area contributed by atoms with Crippen molar-refractivity contribution in [1.82, 2.24) is 30.7 Å². The Morgan fingerprint density at radius 3 is 2.81 bits per heavy atom. The zero-order valence-electron chi connectivity index (χ0n) is 27.1. The van der Waals surface area contributed by atoms with E-state index in [2.05, 4.69) is 31.8 Å². The van der Waals surface area contributed by atoms with Gasteiger partial charge in [-0.05, 0) is 62.8 Å². The Labute approximate surface area is 281 Å². The summed E-state index contributed by atoms with van der Waals surface area (Å²) >= 11 is 1.42. The number of thiophene rings is 1. The van der Waals surface area contributed by atoms with Crippen molar-refractivity contribution in [2.75, 3.05) is 13.7 Å². The Balaban J connectivity index is 1.19. The van der Waals surface area contributed by atoms with Gasteiger partial charge in [0, 0.05) is 24.8 Å². The highest BCUT2D eigenvalue weighted by Gasteiger charge is 2.62. The number of rotatable bonds is 7. The molecule has 254 valence electrons. The van der Waals surface area contributed by atoms with Gasteiger partial charge < -0.3 is 29.5 Å². The highest BCUT2D eigenvalue weighted by Crippen LogP contribution is 2.46. The lowest BCUT2D eigenvalue weighted by Crippen LogP contribution is -2.56. The van der Waals surface area contributed by atoms with Gasteiger partial charge in [-0.2, -0.15) is 4.98 Å². The first-order valence-corrected chi connectivity index (χ1v) is 17.6. The molecule has 0 aromatic carbocycles. The van der Waals surface area contributed by atoms with Crippen molar-refractivity contribution in [1.29, 1.82) is 0 Å². The summed E-state index contributed by atoms with van der Waals surface area (Å²) in [7, 11) is 1.31. The number of amides is 3. The number of aryl methyl sites for hydroxylation is 1. The number of fused-ring (bicyclic) bond motifs is 3. The van der Waals surface area contributed by atoms with Crippen LogP contribution in [0.15, 0.2) is 34.2 Å². The molecule has 3 aromatic heterocycles. The molecule has 3 amide bonds. The van der Waals surface area contributed by atoms with E-state index >= 15 is 0 Å². The van der Waals surface area contributed by atoms with Crippen LogP contribution in [0.1, 0.15) is 70.0 Å². The molecule has 7 rings (SSSR count). The summed E-state index contributed by atoms with van der Waals surface area (Å²) in [4.78, 5) is 65.2. The monoisotopic (exact) mass is 676 g/mol. The van der Waals surface area contributed by atoms with Crippen LogP contribution in [0.5, 0.6) is 5.88 Å². The maximum absolute atomic E-state index is 14.3. The number of carbonyl (C=O) groups is 4.